The van der Waals surface area contributed by atoms with Crippen LogP contribution in [0.2, 0.25) is 0 Å². The lowest BCUT2D eigenvalue weighted by molar-refractivity contribution is 0.0535. The number of hydrogen-bond donors (Lipinski definition) is 1. The van der Waals surface area contributed by atoms with E-state index in [9.17, 15) is 18.3 Å². The fraction of sp³-hybridized carbons (Fsp3) is 0.391. The number of β-amino-alcohol motifs (C(OH)–C–C–N with tert-alkyl or cyclic N) is 1. The van der Waals surface area contributed by atoms with Crippen molar-refractivity contribution in [3.63, 3.8) is 0 Å². The van der Waals surface area contributed by atoms with Crippen LogP contribution in [0.5, 0.6) is 0 Å². The number of hydrogen-bond acceptors (Lipinski definition) is 7. The van der Waals surface area contributed by atoms with Crippen LogP contribution in [0.4, 0.5) is 0 Å². The van der Waals surface area contributed by atoms with Crippen LogP contribution in [-0.4, -0.2) is 60.4 Å². The zero-order valence-electron chi connectivity index (χ0n) is 17.6. The molecule has 3 aliphatic heterocycles. The Kier molecular flexibility index (Phi) is 5.06. The molecule has 0 aromatic heterocycles. The molecule has 166 valence electrons. The first-order valence-corrected chi connectivity index (χ1v) is 12.0. The molecule has 5 rings (SSSR count). The lowest BCUT2D eigenvalue weighted by Crippen LogP contribution is -2.49. The summed E-state index contributed by atoms with van der Waals surface area (Å²) in [4.78, 5) is 14.1. The number of carbonyl (C=O) groups excluding carboxylic acids is 1. The largest absolute Gasteiger partial charge is 0.457 e. The highest BCUT2D eigenvalue weighted by Crippen LogP contribution is 2.37. The molecule has 0 saturated carbocycles. The van der Waals surface area contributed by atoms with Gasteiger partial charge in [0, 0.05) is 37.3 Å². The van der Waals surface area contributed by atoms with E-state index in [0.29, 0.717) is 30.8 Å². The number of fused-ring (bicyclic) bond motifs is 3. The van der Waals surface area contributed by atoms with Crippen molar-refractivity contribution in [3.8, 4) is 6.07 Å². The number of carbonyl (C=O) groups is 1. The smallest absolute Gasteiger partial charge is 0.338 e. The Bertz CT molecular complexity index is 1240. The molecular formula is C23H23N3O5S. The van der Waals surface area contributed by atoms with Crippen LogP contribution in [0, 0.1) is 18.3 Å². The van der Waals surface area contributed by atoms with E-state index in [1.165, 1.54) is 24.3 Å². The van der Waals surface area contributed by atoms with Gasteiger partial charge in [-0.25, -0.2) is 13.2 Å². The minimum absolute atomic E-state index is 0.0439. The molecule has 3 aliphatic rings. The number of benzene rings is 2. The zero-order chi connectivity index (χ0) is 22.6. The second-order valence-electron chi connectivity index (χ2n) is 8.61. The van der Waals surface area contributed by atoms with Crippen LogP contribution in [0.1, 0.15) is 45.1 Å². The van der Waals surface area contributed by atoms with Crippen molar-refractivity contribution in [2.45, 2.75) is 43.0 Å². The number of piperazine rings is 1. The van der Waals surface area contributed by atoms with E-state index in [2.05, 4.69) is 4.90 Å². The van der Waals surface area contributed by atoms with Crippen LogP contribution in [0.3, 0.4) is 0 Å². The second kappa shape index (κ2) is 7.67. The molecule has 0 amide bonds. The summed E-state index contributed by atoms with van der Waals surface area (Å²) in [6.07, 6.45) is -0.00720. The van der Waals surface area contributed by atoms with Gasteiger partial charge in [0.2, 0.25) is 10.0 Å². The minimum Gasteiger partial charge on any atom is -0.457 e. The van der Waals surface area contributed by atoms with Gasteiger partial charge in [-0.05, 0) is 54.8 Å². The maximum Gasteiger partial charge on any atom is 0.338 e. The highest BCUT2D eigenvalue weighted by atomic mass is 32.2. The summed E-state index contributed by atoms with van der Waals surface area (Å²) >= 11 is 0. The fourth-order valence-electron chi connectivity index (χ4n) is 5.12. The van der Waals surface area contributed by atoms with Gasteiger partial charge in [-0.15, -0.1) is 0 Å². The zero-order valence-corrected chi connectivity index (χ0v) is 18.4. The Morgan fingerprint density at radius 2 is 1.94 bits per heavy atom. The van der Waals surface area contributed by atoms with Gasteiger partial charge in [-0.3, -0.25) is 4.90 Å². The number of rotatable bonds is 5. The summed E-state index contributed by atoms with van der Waals surface area (Å²) < 4.78 is 32.8. The van der Waals surface area contributed by atoms with Gasteiger partial charge in [0.25, 0.3) is 0 Å². The van der Waals surface area contributed by atoms with Crippen molar-refractivity contribution in [3.05, 3.63) is 64.2 Å². The SMILES string of the molecule is Cc1c([C@H](O)CN2C[C@@H]3C[C@H]2CN3S(=O)(=O)c2ccc(C#N)cc2)ccc2c1COC2=O. The molecule has 0 aliphatic carbocycles. The topological polar surface area (TPSA) is 111 Å². The Morgan fingerprint density at radius 1 is 1.19 bits per heavy atom. The molecule has 2 saturated heterocycles. The summed E-state index contributed by atoms with van der Waals surface area (Å²) in [5, 5.41) is 19.8. The van der Waals surface area contributed by atoms with Crippen LogP contribution < -0.4 is 0 Å². The number of sulfonamides is 1. The molecule has 0 spiro atoms. The molecule has 9 heteroatoms. The predicted octanol–water partition coefficient (Wildman–Crippen LogP) is 1.72. The fourth-order valence-corrected chi connectivity index (χ4v) is 6.78. The van der Waals surface area contributed by atoms with Crippen LogP contribution in [0.25, 0.3) is 0 Å². The number of aliphatic hydroxyl groups excluding tert-OH is 1. The van der Waals surface area contributed by atoms with Gasteiger partial charge in [-0.2, -0.15) is 9.57 Å². The number of cyclic esters (lactones) is 1. The first-order chi connectivity index (χ1) is 15.3. The van der Waals surface area contributed by atoms with Gasteiger partial charge in [0.15, 0.2) is 0 Å². The number of esters is 1. The lowest BCUT2D eigenvalue weighted by atomic mass is 9.95. The highest BCUT2D eigenvalue weighted by molar-refractivity contribution is 7.89. The molecule has 2 aromatic carbocycles. The number of nitrogens with zero attached hydrogens (tertiary/aromatic N) is 3. The molecule has 3 heterocycles. The molecule has 32 heavy (non-hydrogen) atoms. The van der Waals surface area contributed by atoms with Crippen LogP contribution in [0.15, 0.2) is 41.3 Å². The monoisotopic (exact) mass is 453 g/mol. The maximum absolute atomic E-state index is 13.1. The standard InChI is InChI=1S/C23H23N3O5S/c1-14-19(6-7-20-21(14)13-31-23(20)28)22(27)12-25-10-17-8-16(25)11-26(17)32(29,30)18-4-2-15(9-24)3-5-18/h2-7,16-17,22,27H,8,10-13H2,1H3/t16-,17-,22+/m0/s1. The third kappa shape index (κ3) is 3.31. The number of aliphatic hydroxyl groups is 1. The average molecular weight is 454 g/mol. The molecule has 0 unspecified atom stereocenters. The summed E-state index contributed by atoms with van der Waals surface area (Å²) in [7, 11) is -3.63. The maximum atomic E-state index is 13.1. The van der Waals surface area contributed by atoms with Crippen molar-refractivity contribution >= 4 is 16.0 Å². The summed E-state index contributed by atoms with van der Waals surface area (Å²) in [6.45, 7) is 3.47. The van der Waals surface area contributed by atoms with E-state index in [-0.39, 0.29) is 29.6 Å². The van der Waals surface area contributed by atoms with Crippen molar-refractivity contribution in [2.24, 2.45) is 0 Å². The Morgan fingerprint density at radius 3 is 2.59 bits per heavy atom. The van der Waals surface area contributed by atoms with Crippen molar-refractivity contribution in [1.29, 1.82) is 5.26 Å². The van der Waals surface area contributed by atoms with Crippen LogP contribution >= 0.6 is 0 Å². The quantitative estimate of drug-likeness (QED) is 0.686. The van der Waals surface area contributed by atoms with Crippen LogP contribution in [-0.2, 0) is 21.4 Å². The molecule has 1 N–H and O–H groups in total. The Balaban J connectivity index is 1.28. The predicted molar refractivity (Wildman–Crippen MR) is 114 cm³/mol. The number of nitriles is 1. The molecule has 8 nitrogen and oxygen atoms in total. The van der Waals surface area contributed by atoms with E-state index >= 15 is 0 Å². The molecule has 2 bridgehead atoms. The van der Waals surface area contributed by atoms with Gasteiger partial charge in [0.1, 0.15) is 6.61 Å². The van der Waals surface area contributed by atoms with E-state index in [1.54, 1.807) is 16.4 Å². The molecule has 0 radical (unpaired) electrons. The summed E-state index contributed by atoms with van der Waals surface area (Å²) in [5.74, 6) is -0.329. The van der Waals surface area contributed by atoms with E-state index in [0.717, 1.165) is 23.1 Å². The second-order valence-corrected chi connectivity index (χ2v) is 10.5. The molecule has 3 atom stereocenters. The van der Waals surface area contributed by atoms with Gasteiger partial charge < -0.3 is 9.84 Å². The molecule has 2 fully saturated rings. The first-order valence-electron chi connectivity index (χ1n) is 10.5. The summed E-state index contributed by atoms with van der Waals surface area (Å²) in [6, 6.07) is 11.4. The van der Waals surface area contributed by atoms with E-state index in [1.807, 2.05) is 13.0 Å². The number of likely N-dealkylation sites (tertiary alicyclic amines) is 1. The van der Waals surface area contributed by atoms with Gasteiger partial charge >= 0.3 is 5.97 Å². The third-order valence-corrected chi connectivity index (χ3v) is 8.80. The van der Waals surface area contributed by atoms with Crippen molar-refractivity contribution in [2.75, 3.05) is 19.6 Å². The Labute approximate surface area is 186 Å². The minimum atomic E-state index is -3.63. The molecular weight excluding hydrogens is 430 g/mol. The normalized spacial score (nSPS) is 23.7. The van der Waals surface area contributed by atoms with E-state index < -0.39 is 16.1 Å². The third-order valence-electron chi connectivity index (χ3n) is 6.87. The van der Waals surface area contributed by atoms with Crippen molar-refractivity contribution in [1.82, 2.24) is 9.21 Å². The molecule has 2 aromatic rings. The Hall–Kier alpha value is -2.77. The number of ether oxygens (including phenoxy) is 1. The van der Waals surface area contributed by atoms with Gasteiger partial charge in [0.05, 0.1) is 28.2 Å². The van der Waals surface area contributed by atoms with Gasteiger partial charge in [-0.1, -0.05) is 6.07 Å². The highest BCUT2D eigenvalue weighted by Gasteiger charge is 2.48. The van der Waals surface area contributed by atoms with Crippen molar-refractivity contribution < 1.29 is 23.1 Å². The summed E-state index contributed by atoms with van der Waals surface area (Å²) in [5.41, 5.74) is 3.45. The lowest BCUT2D eigenvalue weighted by Gasteiger charge is -2.34. The first kappa shape index (κ1) is 21.1. The van der Waals surface area contributed by atoms with E-state index in [4.69, 9.17) is 10.00 Å². The average Bonchev–Trinajstić information content (AvgIpc) is 3.49.